The van der Waals surface area contributed by atoms with E-state index in [0.717, 1.165) is 11.1 Å². The van der Waals surface area contributed by atoms with Gasteiger partial charge in [0.1, 0.15) is 0 Å². The van der Waals surface area contributed by atoms with Crippen molar-refractivity contribution in [3.63, 3.8) is 0 Å². The summed E-state index contributed by atoms with van der Waals surface area (Å²) in [5, 5.41) is 16.8. The Morgan fingerprint density at radius 2 is 2.10 bits per heavy atom. The summed E-state index contributed by atoms with van der Waals surface area (Å²) in [7, 11) is 1.62. The molecule has 0 saturated heterocycles. The number of carbonyl (C=O) groups excluding carboxylic acids is 1. The summed E-state index contributed by atoms with van der Waals surface area (Å²) in [5.41, 5.74) is 2.02. The second-order valence-corrected chi connectivity index (χ2v) is 5.68. The molecule has 0 fully saturated rings. The van der Waals surface area contributed by atoms with Crippen LogP contribution in [-0.4, -0.2) is 36.1 Å². The lowest BCUT2D eigenvalue weighted by molar-refractivity contribution is -0.122. The van der Waals surface area contributed by atoms with Crippen LogP contribution >= 0.6 is 11.3 Å². The molecule has 5 heteroatoms. The summed E-state index contributed by atoms with van der Waals surface area (Å²) < 4.78 is 0. The summed E-state index contributed by atoms with van der Waals surface area (Å²) in [6, 6.07) is 11.9. The average Bonchev–Trinajstić information content (AvgIpc) is 3.02. The minimum Gasteiger partial charge on any atom is -0.387 e. The van der Waals surface area contributed by atoms with E-state index in [9.17, 15) is 9.90 Å². The molecule has 0 spiro atoms. The van der Waals surface area contributed by atoms with Crippen molar-refractivity contribution in [2.45, 2.75) is 12.6 Å². The number of nitrogens with one attached hydrogen (secondary N) is 1. The Bertz CT molecular complexity index is 543. The predicted molar refractivity (Wildman–Crippen MR) is 85.1 cm³/mol. The van der Waals surface area contributed by atoms with Gasteiger partial charge in [0.2, 0.25) is 5.91 Å². The van der Waals surface area contributed by atoms with Crippen LogP contribution in [0.4, 0.5) is 0 Å². The molecule has 1 unspecified atom stereocenters. The van der Waals surface area contributed by atoms with E-state index < -0.39 is 6.10 Å². The molecule has 1 amide bonds. The number of rotatable bonds is 7. The van der Waals surface area contributed by atoms with Crippen molar-refractivity contribution in [1.29, 1.82) is 0 Å². The van der Waals surface area contributed by atoms with Gasteiger partial charge in [-0.2, -0.15) is 11.3 Å². The van der Waals surface area contributed by atoms with Crippen molar-refractivity contribution in [2.24, 2.45) is 0 Å². The van der Waals surface area contributed by atoms with Gasteiger partial charge in [0.05, 0.1) is 12.6 Å². The highest BCUT2D eigenvalue weighted by molar-refractivity contribution is 7.07. The molecule has 1 aromatic carbocycles. The fourth-order valence-electron chi connectivity index (χ4n) is 2.12. The van der Waals surface area contributed by atoms with Gasteiger partial charge in [0.25, 0.3) is 0 Å². The minimum absolute atomic E-state index is 0.0524. The summed E-state index contributed by atoms with van der Waals surface area (Å²) in [4.78, 5) is 13.6. The van der Waals surface area contributed by atoms with Crippen LogP contribution in [0.5, 0.6) is 0 Å². The SMILES string of the molecule is CNC(=O)CN(Cc1ccccc1)CC(O)c1ccsc1. The van der Waals surface area contributed by atoms with Crippen LogP contribution < -0.4 is 5.32 Å². The number of likely N-dealkylation sites (N-methyl/N-ethyl adjacent to an activating group) is 1. The second kappa shape index (κ2) is 7.93. The minimum atomic E-state index is -0.579. The number of aliphatic hydroxyl groups is 1. The molecule has 2 N–H and O–H groups in total. The highest BCUT2D eigenvalue weighted by atomic mass is 32.1. The highest BCUT2D eigenvalue weighted by Crippen LogP contribution is 2.18. The van der Waals surface area contributed by atoms with E-state index in [-0.39, 0.29) is 12.5 Å². The van der Waals surface area contributed by atoms with Crippen LogP contribution in [0, 0.1) is 0 Å². The standard InChI is InChI=1S/C16H20N2O2S/c1-17-16(20)11-18(9-13-5-3-2-4-6-13)10-15(19)14-7-8-21-12-14/h2-8,12,15,19H,9-11H2,1H3,(H,17,20). The second-order valence-electron chi connectivity index (χ2n) is 4.90. The summed E-state index contributed by atoms with van der Waals surface area (Å²) in [6.45, 7) is 1.33. The number of hydrogen-bond acceptors (Lipinski definition) is 4. The molecule has 21 heavy (non-hydrogen) atoms. The quantitative estimate of drug-likeness (QED) is 0.823. The number of carbonyl (C=O) groups is 1. The van der Waals surface area contributed by atoms with E-state index in [1.54, 1.807) is 18.4 Å². The third kappa shape index (κ3) is 4.97. The molecule has 0 bridgehead atoms. The fraction of sp³-hybridized carbons (Fsp3) is 0.312. The molecule has 2 aromatic rings. The number of thiophene rings is 1. The van der Waals surface area contributed by atoms with Crippen LogP contribution in [0.3, 0.4) is 0 Å². The van der Waals surface area contributed by atoms with Gasteiger partial charge < -0.3 is 10.4 Å². The zero-order valence-electron chi connectivity index (χ0n) is 12.0. The first-order valence-electron chi connectivity index (χ1n) is 6.86. The van der Waals surface area contributed by atoms with Crippen LogP contribution in [0.25, 0.3) is 0 Å². The molecular formula is C16H20N2O2S. The maximum atomic E-state index is 11.6. The summed E-state index contributed by atoms with van der Waals surface area (Å²) in [5.74, 6) is -0.0524. The maximum Gasteiger partial charge on any atom is 0.233 e. The van der Waals surface area contributed by atoms with E-state index in [4.69, 9.17) is 0 Å². The van der Waals surface area contributed by atoms with E-state index in [0.29, 0.717) is 13.1 Å². The molecule has 1 atom stereocenters. The molecule has 0 aliphatic rings. The zero-order valence-corrected chi connectivity index (χ0v) is 12.8. The molecule has 0 saturated carbocycles. The van der Waals surface area contributed by atoms with Gasteiger partial charge in [-0.1, -0.05) is 30.3 Å². The molecule has 1 aromatic heterocycles. The van der Waals surface area contributed by atoms with Crippen LogP contribution in [0.15, 0.2) is 47.2 Å². The zero-order chi connectivity index (χ0) is 15.1. The van der Waals surface area contributed by atoms with Crippen molar-refractivity contribution in [3.05, 3.63) is 58.3 Å². The van der Waals surface area contributed by atoms with Gasteiger partial charge in [-0.05, 0) is 28.0 Å². The topological polar surface area (TPSA) is 52.6 Å². The van der Waals surface area contributed by atoms with Gasteiger partial charge in [-0.15, -0.1) is 0 Å². The van der Waals surface area contributed by atoms with Gasteiger partial charge in [-0.3, -0.25) is 9.69 Å². The normalized spacial score (nSPS) is 12.3. The molecule has 0 radical (unpaired) electrons. The first-order chi connectivity index (χ1) is 10.2. The Hall–Kier alpha value is -1.69. The Labute approximate surface area is 129 Å². The van der Waals surface area contributed by atoms with Gasteiger partial charge in [0, 0.05) is 20.1 Å². The van der Waals surface area contributed by atoms with Gasteiger partial charge in [-0.25, -0.2) is 0 Å². The number of aliphatic hydroxyl groups excluding tert-OH is 1. The number of amides is 1. The lowest BCUT2D eigenvalue weighted by Crippen LogP contribution is -2.37. The molecule has 0 aliphatic carbocycles. The van der Waals surface area contributed by atoms with Crippen LogP contribution in [0.1, 0.15) is 17.2 Å². The Kier molecular flexibility index (Phi) is 5.92. The molecule has 112 valence electrons. The van der Waals surface area contributed by atoms with Crippen molar-refractivity contribution < 1.29 is 9.90 Å². The maximum absolute atomic E-state index is 11.6. The van der Waals surface area contributed by atoms with Crippen LogP contribution in [-0.2, 0) is 11.3 Å². The smallest absolute Gasteiger partial charge is 0.233 e. The molecular weight excluding hydrogens is 284 g/mol. The Morgan fingerprint density at radius 3 is 2.71 bits per heavy atom. The molecule has 1 heterocycles. The van der Waals surface area contributed by atoms with Crippen LogP contribution in [0.2, 0.25) is 0 Å². The molecule has 0 aliphatic heterocycles. The number of nitrogens with zero attached hydrogens (tertiary/aromatic N) is 1. The van der Waals surface area contributed by atoms with E-state index in [1.165, 1.54) is 0 Å². The van der Waals surface area contributed by atoms with Gasteiger partial charge >= 0.3 is 0 Å². The van der Waals surface area contributed by atoms with Gasteiger partial charge in [0.15, 0.2) is 0 Å². The monoisotopic (exact) mass is 304 g/mol. The first-order valence-corrected chi connectivity index (χ1v) is 7.80. The van der Waals surface area contributed by atoms with Crippen molar-refractivity contribution >= 4 is 17.2 Å². The van der Waals surface area contributed by atoms with Crippen molar-refractivity contribution in [2.75, 3.05) is 20.1 Å². The summed E-state index contributed by atoms with van der Waals surface area (Å²) >= 11 is 1.56. The number of hydrogen-bond donors (Lipinski definition) is 2. The largest absolute Gasteiger partial charge is 0.387 e. The third-order valence-electron chi connectivity index (χ3n) is 3.25. The van der Waals surface area contributed by atoms with E-state index in [1.807, 2.05) is 52.1 Å². The fourth-order valence-corrected chi connectivity index (χ4v) is 2.83. The lowest BCUT2D eigenvalue weighted by Gasteiger charge is -2.24. The van der Waals surface area contributed by atoms with Crippen molar-refractivity contribution in [3.8, 4) is 0 Å². The van der Waals surface area contributed by atoms with E-state index >= 15 is 0 Å². The van der Waals surface area contributed by atoms with E-state index in [2.05, 4.69) is 5.32 Å². The molecule has 2 rings (SSSR count). The van der Waals surface area contributed by atoms with Crippen molar-refractivity contribution in [1.82, 2.24) is 10.2 Å². The Balaban J connectivity index is 2.03. The first kappa shape index (κ1) is 15.7. The number of benzene rings is 1. The molecule has 4 nitrogen and oxygen atoms in total. The summed E-state index contributed by atoms with van der Waals surface area (Å²) in [6.07, 6.45) is -0.579. The third-order valence-corrected chi connectivity index (χ3v) is 3.96. The average molecular weight is 304 g/mol. The lowest BCUT2D eigenvalue weighted by atomic mass is 10.1. The Morgan fingerprint density at radius 1 is 1.33 bits per heavy atom. The predicted octanol–water partition coefficient (Wildman–Crippen LogP) is 2.03. The highest BCUT2D eigenvalue weighted by Gasteiger charge is 2.16.